The number of aliphatic hydroxyl groups excluding tert-OH is 1. The van der Waals surface area contributed by atoms with Gasteiger partial charge in [-0.05, 0) is 203 Å². The Bertz CT molecular complexity index is 2570. The predicted molar refractivity (Wildman–Crippen MR) is 286 cm³/mol. The van der Waals surface area contributed by atoms with Crippen LogP contribution in [0.2, 0.25) is 0 Å². The molecule has 0 amide bonds. The summed E-state index contributed by atoms with van der Waals surface area (Å²) in [4.78, 5) is 28.6. The second-order valence-corrected chi connectivity index (χ2v) is 20.3. The summed E-state index contributed by atoms with van der Waals surface area (Å²) in [5, 5.41) is 21.8. The standard InChI is InChI=1S/C31H37NO3.C19H23NO3.C12H16O/c1-2-34-31(33)26-16-18-32(19-17-26)22-23-8-9-28-21-30(15-12-27(28)20-23)35-29-13-10-25(11-14-29)24-6-4-3-5-7-24;1-2-23-19(22)15-7-9-20(10-8-15)13-14-3-4-17-12-18(21)6-5-16(17)11-14;13-12-8-6-11(7-9-12)10-4-2-1-3-5-10/h3-9,12,15,20-21,25-26,29H,2,10-11,13-14,16-19,22H2,1H3;3-6,11-12,15,21H,2,7-10,13H2,1H3;1-5,11-13H,6-9H2/p+1. The van der Waals surface area contributed by atoms with Gasteiger partial charge in [0.05, 0.1) is 37.3 Å². The van der Waals surface area contributed by atoms with Crippen molar-refractivity contribution in [2.24, 2.45) is 11.8 Å². The second-order valence-electron chi connectivity index (χ2n) is 20.3. The third-order valence-electron chi connectivity index (χ3n) is 15.2. The zero-order valence-corrected chi connectivity index (χ0v) is 42.2. The van der Waals surface area contributed by atoms with Crippen molar-refractivity contribution in [3.8, 4) is 11.5 Å². The predicted octanol–water partition coefficient (Wildman–Crippen LogP) is 12.5. The first-order valence-corrected chi connectivity index (χ1v) is 26.7. The highest BCUT2D eigenvalue weighted by molar-refractivity contribution is 5.85. The average Bonchev–Trinajstić information content (AvgIpc) is 3.40. The Morgan fingerprint density at radius 1 is 0.507 bits per heavy atom. The third-order valence-corrected chi connectivity index (χ3v) is 15.2. The van der Waals surface area contributed by atoms with E-state index < -0.39 is 0 Å². The Balaban J connectivity index is 0.000000160. The molecule has 2 saturated heterocycles. The maximum atomic E-state index is 12.0. The summed E-state index contributed by atoms with van der Waals surface area (Å²) in [5.74, 6) is 2.95. The summed E-state index contributed by atoms with van der Waals surface area (Å²) >= 11 is 0. The molecule has 0 spiro atoms. The normalized spacial score (nSPS) is 21.3. The Labute approximate surface area is 422 Å². The molecule has 71 heavy (non-hydrogen) atoms. The van der Waals surface area contributed by atoms with Gasteiger partial charge in [-0.25, -0.2) is 0 Å². The van der Waals surface area contributed by atoms with Gasteiger partial charge in [-0.3, -0.25) is 19.4 Å². The zero-order chi connectivity index (χ0) is 49.4. The quantitative estimate of drug-likeness (QED) is 0.0953. The molecule has 6 aromatic carbocycles. The van der Waals surface area contributed by atoms with E-state index in [0.29, 0.717) is 36.9 Å². The molecule has 2 aliphatic carbocycles. The summed E-state index contributed by atoms with van der Waals surface area (Å²) < 4.78 is 16.7. The van der Waals surface area contributed by atoms with Crippen molar-refractivity contribution in [2.45, 2.75) is 128 Å². The number of piperidine rings is 2. The minimum atomic E-state index is -0.0417. The summed E-state index contributed by atoms with van der Waals surface area (Å²) in [6.07, 6.45) is 12.7. The van der Waals surface area contributed by atoms with Crippen LogP contribution in [0.4, 0.5) is 0 Å². The summed E-state index contributed by atoms with van der Waals surface area (Å²) in [6.45, 7) is 10.3. The van der Waals surface area contributed by atoms with Crippen LogP contribution in [0.3, 0.4) is 0 Å². The van der Waals surface area contributed by atoms with Crippen LogP contribution in [0.1, 0.15) is 125 Å². The molecule has 0 radical (unpaired) electrons. The van der Waals surface area contributed by atoms with Crippen LogP contribution in [0.15, 0.2) is 133 Å². The number of benzene rings is 6. The van der Waals surface area contributed by atoms with Crippen molar-refractivity contribution in [3.63, 3.8) is 0 Å². The van der Waals surface area contributed by atoms with Crippen molar-refractivity contribution < 1.29 is 34.0 Å². The van der Waals surface area contributed by atoms with Gasteiger partial charge in [0.25, 0.3) is 5.75 Å². The van der Waals surface area contributed by atoms with E-state index in [1.54, 1.807) is 0 Å². The number of esters is 2. The van der Waals surface area contributed by atoms with E-state index in [-0.39, 0.29) is 29.9 Å². The Morgan fingerprint density at radius 3 is 1.41 bits per heavy atom. The third kappa shape index (κ3) is 15.1. The van der Waals surface area contributed by atoms with Crippen molar-refractivity contribution in [3.05, 3.63) is 156 Å². The molecule has 9 heteroatoms. The number of fused-ring (bicyclic) bond motifs is 2. The first kappa shape index (κ1) is 51.6. The van der Waals surface area contributed by atoms with Crippen LogP contribution in [-0.4, -0.2) is 83.6 Å². The van der Waals surface area contributed by atoms with Gasteiger partial charge in [0.2, 0.25) is 0 Å². The molecule has 10 rings (SSSR count). The van der Waals surface area contributed by atoms with E-state index in [1.165, 1.54) is 51.3 Å². The van der Waals surface area contributed by atoms with Gasteiger partial charge >= 0.3 is 11.9 Å². The van der Waals surface area contributed by atoms with E-state index >= 15 is 0 Å². The first-order valence-electron chi connectivity index (χ1n) is 26.7. The highest BCUT2D eigenvalue weighted by atomic mass is 16.5. The molecule has 4 fully saturated rings. The lowest BCUT2D eigenvalue weighted by atomic mass is 9.83. The SMILES string of the molecule is CCOC(=O)C1CCN(Cc2ccc3cc(OC4CCC(c5ccccc5)CC4)ccc3c2)CC1.CCOC(=O)C1CCN(Cc2ccc3cc([OH2+])ccc3c2)CC1.OC1CCC(c2ccccc2)CC1. The number of nitrogens with zero attached hydrogens (tertiary/aromatic N) is 2. The van der Waals surface area contributed by atoms with Crippen LogP contribution >= 0.6 is 0 Å². The molecule has 2 saturated carbocycles. The number of carbonyl (C=O) groups excluding carboxylic acids is 2. The van der Waals surface area contributed by atoms with Crippen LogP contribution < -0.4 is 4.74 Å². The van der Waals surface area contributed by atoms with Crippen molar-refractivity contribution in [1.82, 2.24) is 9.80 Å². The molecule has 3 N–H and O–H groups in total. The highest BCUT2D eigenvalue weighted by Gasteiger charge is 2.28. The Kier molecular flexibility index (Phi) is 19.0. The lowest BCUT2D eigenvalue weighted by Crippen LogP contribution is -2.36. The van der Waals surface area contributed by atoms with Gasteiger partial charge in [-0.1, -0.05) is 91.0 Å². The minimum absolute atomic E-state index is 0.0277. The molecule has 4 aliphatic rings. The lowest BCUT2D eigenvalue weighted by Gasteiger charge is -2.30. The number of likely N-dealkylation sites (tertiary alicyclic amines) is 2. The molecular weight excluding hydrogens is 885 g/mol. The number of ether oxygens (including phenoxy) is 3. The molecule has 0 unspecified atom stereocenters. The van der Waals surface area contributed by atoms with E-state index in [0.717, 1.165) is 115 Å². The van der Waals surface area contributed by atoms with Gasteiger partial charge in [-0.15, -0.1) is 0 Å². The Morgan fingerprint density at radius 2 is 0.930 bits per heavy atom. The first-order chi connectivity index (χ1) is 34.7. The fraction of sp³-hybridized carbons (Fsp3) is 0.452. The number of hydrogen-bond acceptors (Lipinski definition) is 8. The smallest absolute Gasteiger partial charge is 0.309 e. The second kappa shape index (κ2) is 26.1. The van der Waals surface area contributed by atoms with Crippen molar-refractivity contribution in [2.75, 3.05) is 39.4 Å². The summed E-state index contributed by atoms with van der Waals surface area (Å²) in [5.41, 5.74) is 5.51. The van der Waals surface area contributed by atoms with E-state index in [2.05, 4.69) is 125 Å². The molecule has 376 valence electrons. The Hall–Kier alpha value is -5.74. The highest BCUT2D eigenvalue weighted by Crippen LogP contribution is 2.36. The van der Waals surface area contributed by atoms with Gasteiger partial charge in [0.15, 0.2) is 0 Å². The summed E-state index contributed by atoms with van der Waals surface area (Å²) in [7, 11) is 0. The van der Waals surface area contributed by atoms with Crippen LogP contribution in [0.25, 0.3) is 21.5 Å². The molecule has 0 atom stereocenters. The molecule has 0 bridgehead atoms. The molecule has 9 nitrogen and oxygen atoms in total. The fourth-order valence-corrected chi connectivity index (χ4v) is 11.1. The van der Waals surface area contributed by atoms with Crippen LogP contribution in [0.5, 0.6) is 11.5 Å². The topological polar surface area (TPSA) is 111 Å². The average molecular weight is 962 g/mol. The molecule has 2 aliphatic heterocycles. The zero-order valence-electron chi connectivity index (χ0n) is 42.2. The van der Waals surface area contributed by atoms with Gasteiger partial charge in [-0.2, -0.15) is 0 Å². The summed E-state index contributed by atoms with van der Waals surface area (Å²) in [6, 6.07) is 47.0. The van der Waals surface area contributed by atoms with Gasteiger partial charge < -0.3 is 24.4 Å². The van der Waals surface area contributed by atoms with Gasteiger partial charge in [0, 0.05) is 25.2 Å². The number of rotatable bonds is 12. The van der Waals surface area contributed by atoms with E-state index in [9.17, 15) is 14.7 Å². The van der Waals surface area contributed by atoms with Crippen molar-refractivity contribution >= 4 is 33.5 Å². The largest absolute Gasteiger partial charge is 0.593 e. The lowest BCUT2D eigenvalue weighted by molar-refractivity contribution is -0.150. The molecule has 0 aromatic heterocycles. The minimum Gasteiger partial charge on any atom is -0.593 e. The molecule has 2 heterocycles. The fourth-order valence-electron chi connectivity index (χ4n) is 11.1. The number of hydrogen-bond donors (Lipinski definition) is 1. The maximum Gasteiger partial charge on any atom is 0.309 e. The number of aliphatic hydroxyl groups is 1. The molecular formula is C62H77N2O7+. The van der Waals surface area contributed by atoms with Crippen LogP contribution in [-0.2, 0) is 32.2 Å². The molecule has 6 aromatic rings. The monoisotopic (exact) mass is 962 g/mol. The number of carbonyl (C=O) groups is 2. The van der Waals surface area contributed by atoms with Gasteiger partial charge in [0.1, 0.15) is 5.75 Å². The van der Waals surface area contributed by atoms with E-state index in [1.807, 2.05) is 32.0 Å². The van der Waals surface area contributed by atoms with Crippen LogP contribution in [0, 0.1) is 11.8 Å². The maximum absolute atomic E-state index is 12.0. The van der Waals surface area contributed by atoms with Crippen molar-refractivity contribution in [1.29, 1.82) is 0 Å². The van der Waals surface area contributed by atoms with E-state index in [4.69, 9.17) is 19.3 Å².